The molecule has 0 spiro atoms. The molecule has 2 aromatic rings. The number of benzene rings is 2. The highest BCUT2D eigenvalue weighted by atomic mass is 35.5. The second kappa shape index (κ2) is 7.91. The zero-order valence-electron chi connectivity index (χ0n) is 15.5. The van der Waals surface area contributed by atoms with Gasteiger partial charge in [0.2, 0.25) is 5.91 Å². The van der Waals surface area contributed by atoms with Gasteiger partial charge in [-0.1, -0.05) is 54.1 Å². The van der Waals surface area contributed by atoms with E-state index in [9.17, 15) is 4.79 Å². The van der Waals surface area contributed by atoms with Gasteiger partial charge >= 0.3 is 0 Å². The molecule has 1 aliphatic carbocycles. The normalized spacial score (nSPS) is 18.9. The summed E-state index contributed by atoms with van der Waals surface area (Å²) in [5.74, 6) is 0.128. The summed E-state index contributed by atoms with van der Waals surface area (Å²) in [6, 6.07) is 18.5. The largest absolute Gasteiger partial charge is 0.368 e. The van der Waals surface area contributed by atoms with Crippen LogP contribution in [-0.2, 0) is 10.2 Å². The van der Waals surface area contributed by atoms with E-state index in [2.05, 4.69) is 45.4 Å². The second-order valence-corrected chi connectivity index (χ2v) is 8.04. The Morgan fingerprint density at radius 3 is 2.30 bits per heavy atom. The quantitative estimate of drug-likeness (QED) is 0.831. The van der Waals surface area contributed by atoms with E-state index in [-0.39, 0.29) is 11.3 Å². The van der Waals surface area contributed by atoms with Crippen LogP contribution < -0.4 is 10.2 Å². The fraction of sp³-hybridized carbons (Fsp3) is 0.409. The molecule has 2 fully saturated rings. The molecule has 1 heterocycles. The molecule has 1 amide bonds. The average Bonchev–Trinajstić information content (AvgIpc) is 3.50. The number of rotatable bonds is 6. The van der Waals surface area contributed by atoms with E-state index in [0.717, 1.165) is 56.3 Å². The summed E-state index contributed by atoms with van der Waals surface area (Å²) in [6.45, 7) is 4.76. The minimum atomic E-state index is 0.128. The summed E-state index contributed by atoms with van der Waals surface area (Å²) >= 11 is 6.30. The molecule has 1 N–H and O–H groups in total. The molecule has 2 aromatic carbocycles. The van der Waals surface area contributed by atoms with Crippen LogP contribution in [0.3, 0.4) is 0 Å². The Bertz CT molecular complexity index is 783. The van der Waals surface area contributed by atoms with Gasteiger partial charge < -0.3 is 10.2 Å². The molecule has 0 aromatic heterocycles. The van der Waals surface area contributed by atoms with Crippen LogP contribution >= 0.6 is 11.6 Å². The van der Waals surface area contributed by atoms with Gasteiger partial charge in [-0.2, -0.15) is 0 Å². The summed E-state index contributed by atoms with van der Waals surface area (Å²) < 4.78 is 0. The number of carbonyl (C=O) groups excluding carboxylic acids is 1. The van der Waals surface area contributed by atoms with Crippen LogP contribution in [0.15, 0.2) is 54.6 Å². The number of nitrogens with zero attached hydrogens (tertiary/aromatic N) is 2. The number of hydrogen-bond acceptors (Lipinski definition) is 3. The molecule has 0 radical (unpaired) electrons. The molecule has 0 bridgehead atoms. The minimum Gasteiger partial charge on any atom is -0.368 e. The van der Waals surface area contributed by atoms with Crippen molar-refractivity contribution in [3.8, 4) is 0 Å². The lowest BCUT2D eigenvalue weighted by Crippen LogP contribution is -2.50. The lowest BCUT2D eigenvalue weighted by molar-refractivity contribution is -0.122. The lowest BCUT2D eigenvalue weighted by atomic mass is 9.96. The molecule has 142 valence electrons. The summed E-state index contributed by atoms with van der Waals surface area (Å²) in [6.07, 6.45) is 2.32. The summed E-state index contributed by atoms with van der Waals surface area (Å²) in [7, 11) is 0. The van der Waals surface area contributed by atoms with Gasteiger partial charge in [-0.05, 0) is 30.5 Å². The SMILES string of the molecule is O=C(CN1CCN(c2ccccc2Cl)CC1)NCC1(c2ccccc2)CC1. The van der Waals surface area contributed by atoms with E-state index in [1.807, 2.05) is 24.3 Å². The first-order chi connectivity index (χ1) is 13.2. The number of piperazine rings is 1. The standard InChI is InChI=1S/C22H26ClN3O/c23-19-8-4-5-9-20(19)26-14-12-25(13-15-26)16-21(27)24-17-22(10-11-22)18-6-2-1-3-7-18/h1-9H,10-17H2,(H,24,27). The van der Waals surface area contributed by atoms with Gasteiger partial charge in [0.05, 0.1) is 17.3 Å². The molecule has 1 saturated carbocycles. The third kappa shape index (κ3) is 4.28. The van der Waals surface area contributed by atoms with Crippen LogP contribution in [0, 0.1) is 0 Å². The zero-order valence-corrected chi connectivity index (χ0v) is 16.3. The number of halogens is 1. The van der Waals surface area contributed by atoms with Crippen molar-refractivity contribution in [2.45, 2.75) is 18.3 Å². The van der Waals surface area contributed by atoms with Gasteiger partial charge in [0.1, 0.15) is 0 Å². The summed E-state index contributed by atoms with van der Waals surface area (Å²) in [5.41, 5.74) is 2.60. The molecule has 27 heavy (non-hydrogen) atoms. The van der Waals surface area contributed by atoms with Crippen molar-refractivity contribution in [3.63, 3.8) is 0 Å². The van der Waals surface area contributed by atoms with Crippen molar-refractivity contribution >= 4 is 23.2 Å². The highest BCUT2D eigenvalue weighted by Gasteiger charge is 2.44. The molecule has 0 atom stereocenters. The highest BCUT2D eigenvalue weighted by molar-refractivity contribution is 6.33. The van der Waals surface area contributed by atoms with Crippen LogP contribution in [0.2, 0.25) is 5.02 Å². The summed E-state index contributed by atoms with van der Waals surface area (Å²) in [5, 5.41) is 3.96. The van der Waals surface area contributed by atoms with Gasteiger partial charge in [-0.3, -0.25) is 9.69 Å². The maximum Gasteiger partial charge on any atom is 0.234 e. The maximum absolute atomic E-state index is 12.4. The number of para-hydroxylation sites is 1. The molecule has 4 nitrogen and oxygen atoms in total. The number of carbonyl (C=O) groups is 1. The number of nitrogens with one attached hydrogen (secondary N) is 1. The molecule has 0 unspecified atom stereocenters. The highest BCUT2D eigenvalue weighted by Crippen LogP contribution is 2.47. The van der Waals surface area contributed by atoms with Gasteiger partial charge in [-0.25, -0.2) is 0 Å². The lowest BCUT2D eigenvalue weighted by Gasteiger charge is -2.36. The van der Waals surface area contributed by atoms with Crippen molar-refractivity contribution in [1.29, 1.82) is 0 Å². The van der Waals surface area contributed by atoms with Crippen LogP contribution in [-0.4, -0.2) is 50.1 Å². The third-order valence-corrected chi connectivity index (χ3v) is 6.12. The minimum absolute atomic E-state index is 0.128. The van der Waals surface area contributed by atoms with E-state index in [1.165, 1.54) is 5.56 Å². The number of amides is 1. The molecule has 1 saturated heterocycles. The van der Waals surface area contributed by atoms with Gasteiger partial charge in [0, 0.05) is 38.1 Å². The molecule has 4 rings (SSSR count). The molecular formula is C22H26ClN3O. The Morgan fingerprint density at radius 1 is 0.963 bits per heavy atom. The maximum atomic E-state index is 12.4. The van der Waals surface area contributed by atoms with Crippen molar-refractivity contribution in [2.75, 3.05) is 44.2 Å². The number of hydrogen-bond donors (Lipinski definition) is 1. The Morgan fingerprint density at radius 2 is 1.63 bits per heavy atom. The average molecular weight is 384 g/mol. The Kier molecular flexibility index (Phi) is 5.37. The van der Waals surface area contributed by atoms with Crippen molar-refractivity contribution in [3.05, 3.63) is 65.2 Å². The predicted molar refractivity (Wildman–Crippen MR) is 110 cm³/mol. The smallest absolute Gasteiger partial charge is 0.234 e. The van der Waals surface area contributed by atoms with E-state index in [0.29, 0.717) is 6.54 Å². The van der Waals surface area contributed by atoms with Crippen molar-refractivity contribution in [1.82, 2.24) is 10.2 Å². The van der Waals surface area contributed by atoms with Crippen molar-refractivity contribution < 1.29 is 4.79 Å². The first-order valence-corrected chi connectivity index (χ1v) is 10.1. The van der Waals surface area contributed by atoms with Gasteiger partial charge in [0.25, 0.3) is 0 Å². The molecule has 5 heteroatoms. The predicted octanol–water partition coefficient (Wildman–Crippen LogP) is 3.31. The van der Waals surface area contributed by atoms with Crippen LogP contribution in [0.4, 0.5) is 5.69 Å². The van der Waals surface area contributed by atoms with E-state index in [4.69, 9.17) is 11.6 Å². The fourth-order valence-electron chi connectivity index (χ4n) is 3.89. The zero-order chi connectivity index (χ0) is 18.7. The molecule has 1 aliphatic heterocycles. The van der Waals surface area contributed by atoms with E-state index in [1.54, 1.807) is 0 Å². The molecular weight excluding hydrogens is 358 g/mol. The van der Waals surface area contributed by atoms with E-state index >= 15 is 0 Å². The Labute approximate surface area is 166 Å². The third-order valence-electron chi connectivity index (χ3n) is 5.80. The van der Waals surface area contributed by atoms with Crippen LogP contribution in [0.25, 0.3) is 0 Å². The topological polar surface area (TPSA) is 35.6 Å². The van der Waals surface area contributed by atoms with Crippen LogP contribution in [0.1, 0.15) is 18.4 Å². The van der Waals surface area contributed by atoms with Crippen LogP contribution in [0.5, 0.6) is 0 Å². The Balaban J connectivity index is 1.24. The first-order valence-electron chi connectivity index (χ1n) is 9.70. The Hall–Kier alpha value is -2.04. The summed E-state index contributed by atoms with van der Waals surface area (Å²) in [4.78, 5) is 17.0. The fourth-order valence-corrected chi connectivity index (χ4v) is 4.15. The monoisotopic (exact) mass is 383 g/mol. The number of anilines is 1. The van der Waals surface area contributed by atoms with Gasteiger partial charge in [-0.15, -0.1) is 0 Å². The molecule has 2 aliphatic rings. The van der Waals surface area contributed by atoms with E-state index < -0.39 is 0 Å². The van der Waals surface area contributed by atoms with Gasteiger partial charge in [0.15, 0.2) is 0 Å². The van der Waals surface area contributed by atoms with Crippen molar-refractivity contribution in [2.24, 2.45) is 0 Å². The first kappa shape index (κ1) is 18.3. The second-order valence-electron chi connectivity index (χ2n) is 7.64.